The fourth-order valence-corrected chi connectivity index (χ4v) is 3.16. The van der Waals surface area contributed by atoms with Crippen molar-refractivity contribution in [1.29, 1.82) is 0 Å². The van der Waals surface area contributed by atoms with Gasteiger partial charge in [0.2, 0.25) is 0 Å². The van der Waals surface area contributed by atoms with Gasteiger partial charge >= 0.3 is 0 Å². The van der Waals surface area contributed by atoms with E-state index in [0.29, 0.717) is 6.04 Å². The number of piperazine rings is 1. The van der Waals surface area contributed by atoms with Crippen molar-refractivity contribution in [3.63, 3.8) is 0 Å². The van der Waals surface area contributed by atoms with E-state index >= 15 is 0 Å². The minimum absolute atomic E-state index is 0.393. The molecule has 1 saturated heterocycles. The summed E-state index contributed by atoms with van der Waals surface area (Å²) >= 11 is 0. The first kappa shape index (κ1) is 14.1. The average Bonchev–Trinajstić information content (AvgIpc) is 2.62. The fourth-order valence-electron chi connectivity index (χ4n) is 3.16. The summed E-state index contributed by atoms with van der Waals surface area (Å²) in [4.78, 5) is 6.64. The van der Waals surface area contributed by atoms with Gasteiger partial charge in [-0.25, -0.2) is 0 Å². The Kier molecular flexibility index (Phi) is 3.63. The standard InChI is InChI=1S/C18H19N5/c1-13-11-20-9-10-23(13)18-16-12-19-8-7-15(16)17(21-22-18)14-5-3-2-4-6-14/h2-8,12-13,20H,9-11H2,1H3/t13-/m0/s1. The molecule has 1 atom stereocenters. The highest BCUT2D eigenvalue weighted by molar-refractivity contribution is 5.99. The molecule has 0 amide bonds. The number of fused-ring (bicyclic) bond motifs is 1. The third kappa shape index (κ3) is 2.53. The van der Waals surface area contributed by atoms with E-state index in [4.69, 9.17) is 0 Å². The SMILES string of the molecule is C[C@H]1CNCCN1c1nnc(-c2ccccc2)c2ccncc12. The predicted octanol–water partition coefficient (Wildman–Crippen LogP) is 2.49. The van der Waals surface area contributed by atoms with Crippen LogP contribution in [0.2, 0.25) is 0 Å². The van der Waals surface area contributed by atoms with E-state index in [1.807, 2.05) is 36.7 Å². The Labute approximate surface area is 135 Å². The molecule has 3 aromatic rings. The van der Waals surface area contributed by atoms with E-state index in [1.54, 1.807) is 0 Å². The maximum Gasteiger partial charge on any atom is 0.161 e. The van der Waals surface area contributed by atoms with Gasteiger partial charge in [-0.1, -0.05) is 30.3 Å². The van der Waals surface area contributed by atoms with Gasteiger partial charge in [0.25, 0.3) is 0 Å². The van der Waals surface area contributed by atoms with Crippen LogP contribution in [0.3, 0.4) is 0 Å². The summed E-state index contributed by atoms with van der Waals surface area (Å²) in [6.07, 6.45) is 3.72. The summed E-state index contributed by atoms with van der Waals surface area (Å²) in [6, 6.07) is 12.6. The molecule has 1 aliphatic rings. The molecule has 0 unspecified atom stereocenters. The van der Waals surface area contributed by atoms with Crippen molar-refractivity contribution in [2.75, 3.05) is 24.5 Å². The summed E-state index contributed by atoms with van der Waals surface area (Å²) in [5, 5.41) is 14.7. The summed E-state index contributed by atoms with van der Waals surface area (Å²) in [7, 11) is 0. The highest BCUT2D eigenvalue weighted by Crippen LogP contribution is 2.31. The van der Waals surface area contributed by atoms with Crippen molar-refractivity contribution in [1.82, 2.24) is 20.5 Å². The lowest BCUT2D eigenvalue weighted by molar-refractivity contribution is 0.497. The maximum atomic E-state index is 4.57. The number of pyridine rings is 1. The van der Waals surface area contributed by atoms with Gasteiger partial charge in [0.15, 0.2) is 5.82 Å². The van der Waals surface area contributed by atoms with Crippen LogP contribution in [0.15, 0.2) is 48.8 Å². The molecule has 0 bridgehead atoms. The minimum atomic E-state index is 0.393. The van der Waals surface area contributed by atoms with Crippen molar-refractivity contribution < 1.29 is 0 Å². The lowest BCUT2D eigenvalue weighted by atomic mass is 10.1. The van der Waals surface area contributed by atoms with Crippen LogP contribution in [0.25, 0.3) is 22.0 Å². The van der Waals surface area contributed by atoms with Gasteiger partial charge in [-0.2, -0.15) is 0 Å². The summed E-state index contributed by atoms with van der Waals surface area (Å²) < 4.78 is 0. The zero-order valence-electron chi connectivity index (χ0n) is 13.1. The molecule has 1 aromatic carbocycles. The molecule has 4 rings (SSSR count). The van der Waals surface area contributed by atoms with Crippen molar-refractivity contribution >= 4 is 16.6 Å². The molecule has 0 spiro atoms. The molecule has 23 heavy (non-hydrogen) atoms. The van der Waals surface area contributed by atoms with Gasteiger partial charge in [0.1, 0.15) is 5.69 Å². The molecule has 2 aromatic heterocycles. The number of benzene rings is 1. The van der Waals surface area contributed by atoms with Gasteiger partial charge in [-0.05, 0) is 13.0 Å². The normalized spacial score (nSPS) is 18.3. The Morgan fingerprint density at radius 3 is 2.78 bits per heavy atom. The van der Waals surface area contributed by atoms with Crippen LogP contribution >= 0.6 is 0 Å². The number of aromatic nitrogens is 3. The number of nitrogens with one attached hydrogen (secondary N) is 1. The molecule has 0 saturated carbocycles. The third-order valence-corrected chi connectivity index (χ3v) is 4.38. The van der Waals surface area contributed by atoms with E-state index in [9.17, 15) is 0 Å². The van der Waals surface area contributed by atoms with Crippen LogP contribution in [0.5, 0.6) is 0 Å². The van der Waals surface area contributed by atoms with Gasteiger partial charge in [-0.15, -0.1) is 10.2 Å². The first-order valence-electron chi connectivity index (χ1n) is 7.98. The molecular formula is C18H19N5. The zero-order chi connectivity index (χ0) is 15.6. The Bertz CT molecular complexity index is 818. The summed E-state index contributed by atoms with van der Waals surface area (Å²) in [6.45, 7) is 5.07. The molecule has 1 N–H and O–H groups in total. The average molecular weight is 305 g/mol. The Morgan fingerprint density at radius 2 is 1.96 bits per heavy atom. The number of nitrogens with zero attached hydrogens (tertiary/aromatic N) is 4. The van der Waals surface area contributed by atoms with Crippen molar-refractivity contribution in [2.45, 2.75) is 13.0 Å². The van der Waals surface area contributed by atoms with Crippen LogP contribution < -0.4 is 10.2 Å². The van der Waals surface area contributed by atoms with Crippen LogP contribution in [0, 0.1) is 0 Å². The minimum Gasteiger partial charge on any atom is -0.349 e. The first-order chi connectivity index (χ1) is 11.3. The van der Waals surface area contributed by atoms with E-state index in [0.717, 1.165) is 47.5 Å². The Balaban J connectivity index is 1.89. The second-order valence-corrected chi connectivity index (χ2v) is 5.91. The van der Waals surface area contributed by atoms with Gasteiger partial charge in [0.05, 0.1) is 0 Å². The van der Waals surface area contributed by atoms with Crippen molar-refractivity contribution in [3.8, 4) is 11.3 Å². The van der Waals surface area contributed by atoms with Gasteiger partial charge in [-0.3, -0.25) is 4.98 Å². The second-order valence-electron chi connectivity index (χ2n) is 5.91. The monoisotopic (exact) mass is 305 g/mol. The van der Waals surface area contributed by atoms with Crippen LogP contribution in [-0.4, -0.2) is 40.9 Å². The van der Waals surface area contributed by atoms with E-state index in [1.165, 1.54) is 0 Å². The molecular weight excluding hydrogens is 286 g/mol. The molecule has 0 aliphatic carbocycles. The predicted molar refractivity (Wildman–Crippen MR) is 92.4 cm³/mol. The quantitative estimate of drug-likeness (QED) is 0.788. The highest BCUT2D eigenvalue weighted by Gasteiger charge is 2.22. The molecule has 1 aliphatic heterocycles. The van der Waals surface area contributed by atoms with Gasteiger partial charge in [0, 0.05) is 54.4 Å². The lowest BCUT2D eigenvalue weighted by Gasteiger charge is -2.35. The lowest BCUT2D eigenvalue weighted by Crippen LogP contribution is -2.50. The maximum absolute atomic E-state index is 4.57. The molecule has 5 heteroatoms. The van der Waals surface area contributed by atoms with E-state index in [-0.39, 0.29) is 0 Å². The number of rotatable bonds is 2. The van der Waals surface area contributed by atoms with Crippen LogP contribution in [0.1, 0.15) is 6.92 Å². The smallest absolute Gasteiger partial charge is 0.161 e. The fraction of sp³-hybridized carbons (Fsp3) is 0.278. The molecule has 5 nitrogen and oxygen atoms in total. The number of hydrogen-bond acceptors (Lipinski definition) is 5. The van der Waals surface area contributed by atoms with E-state index < -0.39 is 0 Å². The first-order valence-corrected chi connectivity index (χ1v) is 7.98. The molecule has 0 radical (unpaired) electrons. The summed E-state index contributed by atoms with van der Waals surface area (Å²) in [5.74, 6) is 0.932. The molecule has 1 fully saturated rings. The van der Waals surface area contributed by atoms with Crippen molar-refractivity contribution in [2.24, 2.45) is 0 Å². The topological polar surface area (TPSA) is 53.9 Å². The Morgan fingerprint density at radius 1 is 1.09 bits per heavy atom. The second kappa shape index (κ2) is 5.93. The number of anilines is 1. The largest absolute Gasteiger partial charge is 0.349 e. The highest BCUT2D eigenvalue weighted by atomic mass is 15.3. The van der Waals surface area contributed by atoms with Gasteiger partial charge < -0.3 is 10.2 Å². The van der Waals surface area contributed by atoms with Crippen molar-refractivity contribution in [3.05, 3.63) is 48.8 Å². The summed E-state index contributed by atoms with van der Waals surface area (Å²) in [5.41, 5.74) is 1.99. The van der Waals surface area contributed by atoms with Crippen LogP contribution in [0.4, 0.5) is 5.82 Å². The molecule has 3 heterocycles. The zero-order valence-corrected chi connectivity index (χ0v) is 13.1. The van der Waals surface area contributed by atoms with Crippen LogP contribution in [-0.2, 0) is 0 Å². The third-order valence-electron chi connectivity index (χ3n) is 4.38. The van der Waals surface area contributed by atoms with E-state index in [2.05, 4.69) is 44.5 Å². The Hall–Kier alpha value is -2.53. The molecule has 116 valence electrons. The number of hydrogen-bond donors (Lipinski definition) is 1.